The molecule has 1 saturated heterocycles. The van der Waals surface area contributed by atoms with Gasteiger partial charge in [-0.3, -0.25) is 4.79 Å². The second-order valence-electron chi connectivity index (χ2n) is 7.66. The number of benzene rings is 3. The molecular formula is C24H18Cl2FN3O4S. The van der Waals surface area contributed by atoms with Crippen molar-refractivity contribution in [3.63, 3.8) is 0 Å². The van der Waals surface area contributed by atoms with E-state index in [2.05, 4.69) is 0 Å². The summed E-state index contributed by atoms with van der Waals surface area (Å²) in [6.45, 7) is 0.123. The van der Waals surface area contributed by atoms with Crippen molar-refractivity contribution < 1.29 is 22.3 Å². The van der Waals surface area contributed by atoms with Gasteiger partial charge < -0.3 is 9.64 Å². The summed E-state index contributed by atoms with van der Waals surface area (Å²) in [5.74, 6) is -0.923. The van der Waals surface area contributed by atoms with Crippen molar-refractivity contribution in [2.75, 3.05) is 26.2 Å². The SMILES string of the molecule is N#Cc1ccc(Oc2cc(Cl)cc(Cl)c2)c(S(=O)(=O)N2CCN(C(=O)c3ccccc3F)CC2)c1. The summed E-state index contributed by atoms with van der Waals surface area (Å²) in [5.41, 5.74) is 0.0646. The molecule has 1 heterocycles. The maximum atomic E-state index is 14.0. The summed E-state index contributed by atoms with van der Waals surface area (Å²) >= 11 is 12.0. The third-order valence-electron chi connectivity index (χ3n) is 5.38. The van der Waals surface area contributed by atoms with E-state index in [0.29, 0.717) is 10.0 Å². The van der Waals surface area contributed by atoms with Gasteiger partial charge in [0.15, 0.2) is 0 Å². The Kier molecular flexibility index (Phi) is 7.28. The lowest BCUT2D eigenvalue weighted by Gasteiger charge is -2.34. The molecule has 4 rings (SSSR count). The van der Waals surface area contributed by atoms with Crippen molar-refractivity contribution in [1.82, 2.24) is 9.21 Å². The number of hydrogen-bond donors (Lipinski definition) is 0. The predicted octanol–water partition coefficient (Wildman–Crippen LogP) is 4.94. The molecule has 0 atom stereocenters. The minimum atomic E-state index is -4.11. The quantitative estimate of drug-likeness (QED) is 0.463. The first-order valence-corrected chi connectivity index (χ1v) is 12.6. The van der Waals surface area contributed by atoms with E-state index in [-0.39, 0.29) is 53.7 Å². The fraction of sp³-hybridized carbons (Fsp3) is 0.167. The summed E-state index contributed by atoms with van der Waals surface area (Å²) in [6.07, 6.45) is 0. The second-order valence-corrected chi connectivity index (χ2v) is 10.4. The molecule has 0 unspecified atom stereocenters. The van der Waals surface area contributed by atoms with Crippen molar-refractivity contribution in [1.29, 1.82) is 5.26 Å². The molecule has 1 aliphatic rings. The third-order valence-corrected chi connectivity index (χ3v) is 7.74. The highest BCUT2D eigenvalue weighted by molar-refractivity contribution is 7.89. The molecule has 7 nitrogen and oxygen atoms in total. The van der Waals surface area contributed by atoms with Crippen molar-refractivity contribution in [3.05, 3.63) is 87.7 Å². The van der Waals surface area contributed by atoms with Gasteiger partial charge in [-0.25, -0.2) is 12.8 Å². The molecule has 0 spiro atoms. The molecule has 0 aromatic heterocycles. The van der Waals surface area contributed by atoms with Crippen molar-refractivity contribution >= 4 is 39.1 Å². The van der Waals surface area contributed by atoms with Crippen molar-refractivity contribution in [2.24, 2.45) is 0 Å². The summed E-state index contributed by atoms with van der Waals surface area (Å²) in [7, 11) is -4.11. The highest BCUT2D eigenvalue weighted by Gasteiger charge is 2.33. The largest absolute Gasteiger partial charge is 0.456 e. The van der Waals surface area contributed by atoms with Gasteiger partial charge in [-0.05, 0) is 48.5 Å². The summed E-state index contributed by atoms with van der Waals surface area (Å²) in [4.78, 5) is 13.9. The lowest BCUT2D eigenvalue weighted by atomic mass is 10.1. The molecule has 3 aromatic rings. The molecular weight excluding hydrogens is 516 g/mol. The second kappa shape index (κ2) is 10.2. The van der Waals surface area contributed by atoms with Crippen LogP contribution in [0.15, 0.2) is 65.6 Å². The molecule has 0 aliphatic carbocycles. The molecule has 0 saturated carbocycles. The number of piperazine rings is 1. The summed E-state index contributed by atoms with van der Waals surface area (Å²) < 4.78 is 48.0. The van der Waals surface area contributed by atoms with Gasteiger partial charge in [-0.15, -0.1) is 0 Å². The van der Waals surface area contributed by atoms with Crippen LogP contribution in [0.5, 0.6) is 11.5 Å². The predicted molar refractivity (Wildman–Crippen MR) is 129 cm³/mol. The van der Waals surface area contributed by atoms with Crippen LogP contribution in [0.4, 0.5) is 4.39 Å². The minimum Gasteiger partial charge on any atom is -0.456 e. The number of carbonyl (C=O) groups is 1. The molecule has 0 N–H and O–H groups in total. The third kappa shape index (κ3) is 5.41. The number of rotatable bonds is 5. The van der Waals surface area contributed by atoms with E-state index in [0.717, 1.165) is 0 Å². The number of nitriles is 1. The zero-order valence-electron chi connectivity index (χ0n) is 18.1. The van der Waals surface area contributed by atoms with Gasteiger partial charge in [0.1, 0.15) is 22.2 Å². The van der Waals surface area contributed by atoms with Crippen LogP contribution in [-0.4, -0.2) is 49.7 Å². The highest BCUT2D eigenvalue weighted by Crippen LogP contribution is 2.34. The number of carbonyl (C=O) groups excluding carboxylic acids is 1. The number of ether oxygens (including phenoxy) is 1. The molecule has 3 aromatic carbocycles. The number of nitrogens with zero attached hydrogens (tertiary/aromatic N) is 3. The van der Waals surface area contributed by atoms with Gasteiger partial charge in [-0.1, -0.05) is 35.3 Å². The van der Waals surface area contributed by atoms with Crippen LogP contribution in [-0.2, 0) is 10.0 Å². The number of halogens is 3. The van der Waals surface area contributed by atoms with Gasteiger partial charge in [0, 0.05) is 36.2 Å². The molecule has 180 valence electrons. The number of amides is 1. The van der Waals surface area contributed by atoms with E-state index < -0.39 is 21.7 Å². The van der Waals surface area contributed by atoms with E-state index in [1.165, 1.54) is 63.8 Å². The Morgan fingerprint density at radius 1 is 0.971 bits per heavy atom. The Balaban J connectivity index is 1.58. The standard InChI is InChI=1S/C24H18Cl2FN3O4S/c25-17-12-18(26)14-19(13-17)34-22-6-5-16(15-28)11-23(22)35(32,33)30-9-7-29(8-10-30)24(31)20-3-1-2-4-21(20)27/h1-6,11-14H,7-10H2. The van der Waals surface area contributed by atoms with Crippen LogP contribution in [0, 0.1) is 17.1 Å². The molecule has 35 heavy (non-hydrogen) atoms. The highest BCUT2D eigenvalue weighted by atomic mass is 35.5. The van der Waals surface area contributed by atoms with Crippen LogP contribution in [0.3, 0.4) is 0 Å². The van der Waals surface area contributed by atoms with Crippen LogP contribution >= 0.6 is 23.2 Å². The minimum absolute atomic E-state index is 0.00723. The summed E-state index contributed by atoms with van der Waals surface area (Å²) in [5, 5.41) is 9.92. The Labute approximate surface area is 211 Å². The van der Waals surface area contributed by atoms with Gasteiger partial charge in [-0.2, -0.15) is 9.57 Å². The lowest BCUT2D eigenvalue weighted by Crippen LogP contribution is -2.50. The molecule has 1 amide bonds. The number of sulfonamides is 1. The number of hydrogen-bond acceptors (Lipinski definition) is 5. The first-order valence-electron chi connectivity index (χ1n) is 10.4. The van der Waals surface area contributed by atoms with Crippen LogP contribution in [0.25, 0.3) is 0 Å². The maximum Gasteiger partial charge on any atom is 0.256 e. The Morgan fingerprint density at radius 3 is 2.26 bits per heavy atom. The normalized spacial score (nSPS) is 14.4. The fourth-order valence-electron chi connectivity index (χ4n) is 3.65. The fourth-order valence-corrected chi connectivity index (χ4v) is 5.72. The Morgan fingerprint density at radius 2 is 1.63 bits per heavy atom. The lowest BCUT2D eigenvalue weighted by molar-refractivity contribution is 0.0693. The average Bonchev–Trinajstić information content (AvgIpc) is 2.83. The van der Waals surface area contributed by atoms with Crippen molar-refractivity contribution in [3.8, 4) is 17.6 Å². The molecule has 1 aliphatic heterocycles. The van der Waals surface area contributed by atoms with Gasteiger partial charge in [0.25, 0.3) is 5.91 Å². The topological polar surface area (TPSA) is 90.7 Å². The van der Waals surface area contributed by atoms with E-state index in [1.807, 2.05) is 6.07 Å². The molecule has 0 radical (unpaired) electrons. The van der Waals surface area contributed by atoms with Gasteiger partial charge in [0.2, 0.25) is 10.0 Å². The van der Waals surface area contributed by atoms with E-state index in [1.54, 1.807) is 6.07 Å². The first kappa shape index (κ1) is 24.9. The zero-order chi connectivity index (χ0) is 25.2. The van der Waals surface area contributed by atoms with Gasteiger partial charge >= 0.3 is 0 Å². The van der Waals surface area contributed by atoms with Crippen LogP contribution < -0.4 is 4.74 Å². The Bertz CT molecular complexity index is 1410. The monoisotopic (exact) mass is 533 g/mol. The van der Waals surface area contributed by atoms with Crippen LogP contribution in [0.2, 0.25) is 10.0 Å². The maximum absolute atomic E-state index is 14.0. The zero-order valence-corrected chi connectivity index (χ0v) is 20.4. The van der Waals surface area contributed by atoms with Crippen LogP contribution in [0.1, 0.15) is 15.9 Å². The molecule has 1 fully saturated rings. The van der Waals surface area contributed by atoms with E-state index >= 15 is 0 Å². The van der Waals surface area contributed by atoms with E-state index in [9.17, 15) is 22.9 Å². The first-order chi connectivity index (χ1) is 16.7. The smallest absolute Gasteiger partial charge is 0.256 e. The molecule has 11 heteroatoms. The van der Waals surface area contributed by atoms with Crippen molar-refractivity contribution in [2.45, 2.75) is 4.90 Å². The Hall–Kier alpha value is -3.16. The average molecular weight is 534 g/mol. The summed E-state index contributed by atoms with van der Waals surface area (Å²) in [6, 6.07) is 16.1. The van der Waals surface area contributed by atoms with E-state index in [4.69, 9.17) is 27.9 Å². The van der Waals surface area contributed by atoms with Gasteiger partial charge in [0.05, 0.1) is 17.2 Å². The molecule has 0 bridgehead atoms.